The Kier molecular flexibility index (Phi) is 4.30. The van der Waals surface area contributed by atoms with Gasteiger partial charge in [-0.2, -0.15) is 0 Å². The molecule has 0 aromatic heterocycles. The fourth-order valence-electron chi connectivity index (χ4n) is 1.04. The summed E-state index contributed by atoms with van der Waals surface area (Å²) in [4.78, 5) is 9.61. The predicted molar refractivity (Wildman–Crippen MR) is 61.3 cm³/mol. The second kappa shape index (κ2) is 5.50. The summed E-state index contributed by atoms with van der Waals surface area (Å²) in [5, 5.41) is 10.1. The zero-order valence-corrected chi connectivity index (χ0v) is 9.73. The van der Waals surface area contributed by atoms with E-state index < -0.39 is 4.92 Å². The van der Waals surface area contributed by atoms with Crippen LogP contribution in [-0.4, -0.2) is 11.5 Å². The Morgan fingerprint density at radius 2 is 2.33 bits per heavy atom. The minimum absolute atomic E-state index is 0.496. The van der Waals surface area contributed by atoms with Gasteiger partial charge >= 0.3 is 0 Å². The highest BCUT2D eigenvalue weighted by Gasteiger charge is 2.00. The van der Waals surface area contributed by atoms with Crippen molar-refractivity contribution in [1.82, 2.24) is 0 Å². The van der Waals surface area contributed by atoms with Gasteiger partial charge in [0, 0.05) is 6.08 Å². The van der Waals surface area contributed by atoms with E-state index in [1.807, 2.05) is 6.92 Å². The lowest BCUT2D eigenvalue weighted by molar-refractivity contribution is -0.400. The normalized spacial score (nSPS) is 10.5. The average molecular weight is 272 g/mol. The number of halogens is 1. The maximum atomic E-state index is 10.1. The third-order valence-electron chi connectivity index (χ3n) is 1.64. The lowest BCUT2D eigenvalue weighted by Gasteiger charge is -2.05. The van der Waals surface area contributed by atoms with E-state index >= 15 is 0 Å². The Balaban J connectivity index is 2.86. The summed E-state index contributed by atoms with van der Waals surface area (Å²) in [5.74, 6) is 0.732. The largest absolute Gasteiger partial charge is 0.493 e. The van der Waals surface area contributed by atoms with E-state index in [0.29, 0.717) is 6.61 Å². The van der Waals surface area contributed by atoms with Crippen LogP contribution in [0.4, 0.5) is 0 Å². The Labute approximate surface area is 95.8 Å². The van der Waals surface area contributed by atoms with E-state index in [1.165, 1.54) is 6.08 Å². The van der Waals surface area contributed by atoms with Crippen LogP contribution in [0, 0.1) is 10.1 Å². The molecule has 80 valence electrons. The number of rotatable bonds is 4. The van der Waals surface area contributed by atoms with E-state index in [1.54, 1.807) is 18.2 Å². The third-order valence-corrected chi connectivity index (χ3v) is 2.26. The second-order valence-electron chi connectivity index (χ2n) is 2.72. The van der Waals surface area contributed by atoms with Gasteiger partial charge in [0.1, 0.15) is 5.75 Å². The molecule has 0 fully saturated rings. The molecule has 0 atom stereocenters. The third kappa shape index (κ3) is 3.71. The molecular weight excluding hydrogens is 262 g/mol. The zero-order chi connectivity index (χ0) is 11.3. The van der Waals surface area contributed by atoms with Crippen LogP contribution in [0.2, 0.25) is 0 Å². The van der Waals surface area contributed by atoms with Crippen LogP contribution in [0.15, 0.2) is 28.9 Å². The van der Waals surface area contributed by atoms with Crippen molar-refractivity contribution in [2.24, 2.45) is 0 Å². The molecule has 0 aliphatic carbocycles. The van der Waals surface area contributed by atoms with Crippen LogP contribution >= 0.6 is 15.9 Å². The van der Waals surface area contributed by atoms with Crippen LogP contribution < -0.4 is 4.74 Å². The van der Waals surface area contributed by atoms with Gasteiger partial charge in [0.15, 0.2) is 0 Å². The molecule has 15 heavy (non-hydrogen) atoms. The van der Waals surface area contributed by atoms with Crippen molar-refractivity contribution in [3.63, 3.8) is 0 Å². The summed E-state index contributed by atoms with van der Waals surface area (Å²) in [7, 11) is 0. The van der Waals surface area contributed by atoms with Crippen molar-refractivity contribution in [3.05, 3.63) is 44.5 Å². The molecule has 5 heteroatoms. The maximum Gasteiger partial charge on any atom is 0.235 e. The zero-order valence-electron chi connectivity index (χ0n) is 8.14. The molecule has 1 aromatic rings. The van der Waals surface area contributed by atoms with Gasteiger partial charge in [-0.3, -0.25) is 10.1 Å². The van der Waals surface area contributed by atoms with Crippen molar-refractivity contribution in [1.29, 1.82) is 0 Å². The summed E-state index contributed by atoms with van der Waals surface area (Å²) in [6.45, 7) is 2.48. The Morgan fingerprint density at radius 1 is 1.60 bits per heavy atom. The van der Waals surface area contributed by atoms with E-state index in [0.717, 1.165) is 22.0 Å². The lowest BCUT2D eigenvalue weighted by Crippen LogP contribution is -1.92. The van der Waals surface area contributed by atoms with Crippen molar-refractivity contribution in [2.75, 3.05) is 6.61 Å². The minimum Gasteiger partial charge on any atom is -0.493 e. The molecule has 0 spiro atoms. The van der Waals surface area contributed by atoms with Crippen molar-refractivity contribution in [2.45, 2.75) is 6.92 Å². The maximum absolute atomic E-state index is 10.1. The first-order valence-corrected chi connectivity index (χ1v) is 5.17. The Morgan fingerprint density at radius 3 is 2.87 bits per heavy atom. The van der Waals surface area contributed by atoms with Gasteiger partial charge in [-0.1, -0.05) is 6.07 Å². The van der Waals surface area contributed by atoms with Crippen molar-refractivity contribution >= 4 is 22.0 Å². The highest BCUT2D eigenvalue weighted by Crippen LogP contribution is 2.26. The summed E-state index contributed by atoms with van der Waals surface area (Å²) >= 11 is 3.33. The number of ether oxygens (including phenoxy) is 1. The van der Waals surface area contributed by atoms with Crippen LogP contribution in [0.1, 0.15) is 12.5 Å². The molecule has 0 saturated carbocycles. The fraction of sp³-hybridized carbons (Fsp3) is 0.200. The summed E-state index contributed by atoms with van der Waals surface area (Å²) < 4.78 is 6.10. The first-order chi connectivity index (χ1) is 7.13. The molecule has 0 N–H and O–H groups in total. The van der Waals surface area contributed by atoms with Gasteiger partial charge in [0.25, 0.3) is 0 Å². The molecule has 0 aliphatic heterocycles. The van der Waals surface area contributed by atoms with Crippen molar-refractivity contribution in [3.8, 4) is 5.75 Å². The predicted octanol–water partition coefficient (Wildman–Crippen LogP) is 3.10. The van der Waals surface area contributed by atoms with Crippen LogP contribution in [0.25, 0.3) is 6.08 Å². The van der Waals surface area contributed by atoms with Crippen LogP contribution in [0.5, 0.6) is 5.75 Å². The number of nitrogens with zero attached hydrogens (tertiary/aromatic N) is 1. The highest BCUT2D eigenvalue weighted by atomic mass is 79.9. The van der Waals surface area contributed by atoms with Gasteiger partial charge in [0.05, 0.1) is 16.0 Å². The molecule has 1 aromatic carbocycles. The SMILES string of the molecule is CCOc1ccc(/C=C\[N+](=O)[O-])cc1Br. The van der Waals surface area contributed by atoms with Crippen molar-refractivity contribution < 1.29 is 9.66 Å². The van der Waals surface area contributed by atoms with Gasteiger partial charge in [-0.25, -0.2) is 0 Å². The molecule has 0 radical (unpaired) electrons. The minimum atomic E-state index is -0.496. The number of nitro groups is 1. The summed E-state index contributed by atoms with van der Waals surface area (Å²) in [6.07, 6.45) is 2.34. The molecule has 0 heterocycles. The second-order valence-corrected chi connectivity index (χ2v) is 3.58. The monoisotopic (exact) mass is 271 g/mol. The van der Waals surface area contributed by atoms with E-state index in [2.05, 4.69) is 15.9 Å². The van der Waals surface area contributed by atoms with Gasteiger partial charge in [0.2, 0.25) is 6.20 Å². The molecular formula is C10H10BrNO3. The van der Waals surface area contributed by atoms with Gasteiger partial charge in [-0.15, -0.1) is 0 Å². The van der Waals surface area contributed by atoms with E-state index in [9.17, 15) is 10.1 Å². The Hall–Kier alpha value is -1.36. The van der Waals surface area contributed by atoms with Gasteiger partial charge in [-0.05, 0) is 40.5 Å². The molecule has 1 rings (SSSR count). The first-order valence-electron chi connectivity index (χ1n) is 4.37. The van der Waals surface area contributed by atoms with Crippen LogP contribution in [0.3, 0.4) is 0 Å². The lowest BCUT2D eigenvalue weighted by atomic mass is 10.2. The highest BCUT2D eigenvalue weighted by molar-refractivity contribution is 9.10. The molecule has 0 unspecified atom stereocenters. The molecule has 0 aliphatic rings. The topological polar surface area (TPSA) is 52.4 Å². The van der Waals surface area contributed by atoms with Gasteiger partial charge < -0.3 is 4.74 Å². The van der Waals surface area contributed by atoms with E-state index in [-0.39, 0.29) is 0 Å². The molecule has 4 nitrogen and oxygen atoms in total. The number of benzene rings is 1. The van der Waals surface area contributed by atoms with Crippen LogP contribution in [-0.2, 0) is 0 Å². The molecule has 0 bridgehead atoms. The standard InChI is InChI=1S/C10H10BrNO3/c1-2-15-10-4-3-8(7-9(10)11)5-6-12(13)14/h3-7H,2H2,1H3/b6-5-. The molecule has 0 saturated heterocycles. The summed E-state index contributed by atoms with van der Waals surface area (Å²) in [5.41, 5.74) is 0.752. The Bertz CT molecular complexity index is 390. The average Bonchev–Trinajstić information content (AvgIpc) is 2.19. The fourth-order valence-corrected chi connectivity index (χ4v) is 1.55. The first kappa shape index (κ1) is 11.7. The number of hydrogen-bond donors (Lipinski definition) is 0. The number of hydrogen-bond acceptors (Lipinski definition) is 3. The van der Waals surface area contributed by atoms with E-state index in [4.69, 9.17) is 4.74 Å². The molecule has 0 amide bonds. The quantitative estimate of drug-likeness (QED) is 0.625. The summed E-state index contributed by atoms with van der Waals surface area (Å²) in [6, 6.07) is 5.30. The smallest absolute Gasteiger partial charge is 0.235 e.